The van der Waals surface area contributed by atoms with E-state index in [9.17, 15) is 14.7 Å². The predicted molar refractivity (Wildman–Crippen MR) is 114 cm³/mol. The van der Waals surface area contributed by atoms with Crippen molar-refractivity contribution in [3.63, 3.8) is 0 Å². The maximum Gasteiger partial charge on any atom is 0.409 e. The van der Waals surface area contributed by atoms with Gasteiger partial charge in [-0.1, -0.05) is 12.5 Å². The highest BCUT2D eigenvalue weighted by Crippen LogP contribution is 2.57. The van der Waals surface area contributed by atoms with Crippen molar-refractivity contribution in [2.45, 2.75) is 64.6 Å². The van der Waals surface area contributed by atoms with Crippen LogP contribution in [0.4, 0.5) is 4.79 Å². The summed E-state index contributed by atoms with van der Waals surface area (Å²) in [7, 11) is 0. The van der Waals surface area contributed by atoms with Crippen molar-refractivity contribution in [3.8, 4) is 0 Å². The number of aliphatic hydroxyl groups is 1. The van der Waals surface area contributed by atoms with E-state index in [1.807, 2.05) is 0 Å². The van der Waals surface area contributed by atoms with Gasteiger partial charge in [0.2, 0.25) is 0 Å². The van der Waals surface area contributed by atoms with Gasteiger partial charge in [-0.3, -0.25) is 9.69 Å². The standard InChI is InChI=1S/C22H34N2O5.ClH/c1-4-28-20(26)24-12-10-23(11-13-24)14-16-19(25)29-18-17-15(2)6-5-7-21(17,3)8-9-22(16,18)27;/h16,18,27H,4-14H2,1-3H3;1H/t16?,18-,21+,22?;/m0./s1. The molecule has 30 heavy (non-hydrogen) atoms. The van der Waals surface area contributed by atoms with Gasteiger partial charge in [0.25, 0.3) is 0 Å². The quantitative estimate of drug-likeness (QED) is 0.534. The Bertz CT molecular complexity index is 720. The van der Waals surface area contributed by atoms with Crippen LogP contribution in [0.25, 0.3) is 0 Å². The number of rotatable bonds is 3. The lowest BCUT2D eigenvalue weighted by Crippen LogP contribution is -2.57. The monoisotopic (exact) mass is 442 g/mol. The van der Waals surface area contributed by atoms with E-state index in [2.05, 4.69) is 18.7 Å². The van der Waals surface area contributed by atoms with Crippen LogP contribution in [0.15, 0.2) is 11.1 Å². The summed E-state index contributed by atoms with van der Waals surface area (Å²) in [5, 5.41) is 11.7. The molecule has 0 aromatic rings. The molecule has 2 unspecified atom stereocenters. The molecule has 0 radical (unpaired) electrons. The van der Waals surface area contributed by atoms with E-state index in [-0.39, 0.29) is 29.9 Å². The summed E-state index contributed by atoms with van der Waals surface area (Å²) in [6, 6.07) is 0. The molecule has 1 N–H and O–H groups in total. The third-order valence-corrected chi connectivity index (χ3v) is 7.64. The van der Waals surface area contributed by atoms with Crippen molar-refractivity contribution in [1.29, 1.82) is 0 Å². The molecule has 2 aliphatic heterocycles. The lowest BCUT2D eigenvalue weighted by Gasteiger charge is -2.49. The molecule has 0 spiro atoms. The number of piperazine rings is 1. The number of amides is 1. The smallest absolute Gasteiger partial charge is 0.409 e. The Morgan fingerprint density at radius 1 is 1.23 bits per heavy atom. The minimum Gasteiger partial charge on any atom is -0.454 e. The SMILES string of the molecule is CCOC(=O)N1CCN(CC2C(=O)O[C@H]3C4=C(C)CCC[C@]4(C)CCC23O)CC1.Cl. The number of halogens is 1. The van der Waals surface area contributed by atoms with Gasteiger partial charge in [-0.05, 0) is 56.9 Å². The molecule has 2 aliphatic carbocycles. The molecule has 4 rings (SSSR count). The van der Waals surface area contributed by atoms with Gasteiger partial charge in [0, 0.05) is 32.7 Å². The van der Waals surface area contributed by atoms with E-state index >= 15 is 0 Å². The maximum atomic E-state index is 12.8. The first-order valence-electron chi connectivity index (χ1n) is 11.1. The fraction of sp³-hybridized carbons (Fsp3) is 0.818. The lowest BCUT2D eigenvalue weighted by atomic mass is 9.58. The molecule has 0 aromatic carbocycles. The number of nitrogens with zero attached hydrogens (tertiary/aromatic N) is 2. The summed E-state index contributed by atoms with van der Waals surface area (Å²) in [6.45, 7) is 9.53. The van der Waals surface area contributed by atoms with Crippen LogP contribution in [0.3, 0.4) is 0 Å². The zero-order chi connectivity index (χ0) is 20.8. The number of carbonyl (C=O) groups excluding carboxylic acids is 2. The average Bonchev–Trinajstić information content (AvgIpc) is 2.93. The van der Waals surface area contributed by atoms with Crippen LogP contribution in [0, 0.1) is 11.3 Å². The number of allylic oxidation sites excluding steroid dienone is 1. The van der Waals surface area contributed by atoms with Gasteiger partial charge in [-0.25, -0.2) is 4.79 Å². The zero-order valence-electron chi connectivity index (χ0n) is 18.3. The number of fused-ring (bicyclic) bond motifs is 3. The molecule has 170 valence electrons. The van der Waals surface area contributed by atoms with Gasteiger partial charge in [-0.15, -0.1) is 12.4 Å². The molecule has 0 aromatic heterocycles. The Hall–Kier alpha value is -1.31. The van der Waals surface area contributed by atoms with Gasteiger partial charge in [0.05, 0.1) is 6.61 Å². The summed E-state index contributed by atoms with van der Waals surface area (Å²) in [4.78, 5) is 28.6. The third-order valence-electron chi connectivity index (χ3n) is 7.64. The Morgan fingerprint density at radius 2 is 1.93 bits per heavy atom. The van der Waals surface area contributed by atoms with E-state index in [0.29, 0.717) is 45.8 Å². The molecule has 1 amide bonds. The molecule has 0 bridgehead atoms. The fourth-order valence-electron chi connectivity index (χ4n) is 5.92. The minimum atomic E-state index is -1.12. The van der Waals surface area contributed by atoms with Crippen molar-refractivity contribution in [1.82, 2.24) is 9.80 Å². The molecule has 8 heteroatoms. The number of ether oxygens (including phenoxy) is 2. The van der Waals surface area contributed by atoms with Crippen molar-refractivity contribution >= 4 is 24.5 Å². The maximum absolute atomic E-state index is 12.8. The van der Waals surface area contributed by atoms with Gasteiger partial charge >= 0.3 is 12.1 Å². The highest BCUT2D eigenvalue weighted by Gasteiger charge is 2.63. The zero-order valence-corrected chi connectivity index (χ0v) is 19.1. The number of hydrogen-bond acceptors (Lipinski definition) is 6. The summed E-state index contributed by atoms with van der Waals surface area (Å²) in [6.07, 6.45) is 4.01. The number of carbonyl (C=O) groups is 2. The molecule has 4 aliphatic rings. The summed E-state index contributed by atoms with van der Waals surface area (Å²) < 4.78 is 10.9. The first-order valence-corrected chi connectivity index (χ1v) is 11.1. The van der Waals surface area contributed by atoms with Crippen molar-refractivity contribution in [2.24, 2.45) is 11.3 Å². The fourth-order valence-corrected chi connectivity index (χ4v) is 5.92. The van der Waals surface area contributed by atoms with Crippen molar-refractivity contribution < 1.29 is 24.2 Å². The molecule has 4 atom stereocenters. The van der Waals surface area contributed by atoms with Crippen molar-refractivity contribution in [3.05, 3.63) is 11.1 Å². The predicted octanol–water partition coefficient (Wildman–Crippen LogP) is 2.76. The molecular weight excluding hydrogens is 408 g/mol. The third kappa shape index (κ3) is 3.84. The second-order valence-electron chi connectivity index (χ2n) is 9.46. The Morgan fingerprint density at radius 3 is 2.60 bits per heavy atom. The molecule has 2 heterocycles. The van der Waals surface area contributed by atoms with E-state index in [1.165, 1.54) is 17.6 Å². The van der Waals surface area contributed by atoms with Crippen LogP contribution in [-0.2, 0) is 14.3 Å². The van der Waals surface area contributed by atoms with Crippen LogP contribution in [0.1, 0.15) is 52.9 Å². The van der Waals surface area contributed by atoms with Gasteiger partial charge in [-0.2, -0.15) is 0 Å². The first kappa shape index (κ1) is 23.4. The second-order valence-corrected chi connectivity index (χ2v) is 9.46. The minimum absolute atomic E-state index is 0. The Kier molecular flexibility index (Phi) is 6.75. The van der Waals surface area contributed by atoms with E-state index in [4.69, 9.17) is 9.47 Å². The topological polar surface area (TPSA) is 79.3 Å². The van der Waals surface area contributed by atoms with Crippen LogP contribution >= 0.6 is 12.4 Å². The van der Waals surface area contributed by atoms with Crippen LogP contribution < -0.4 is 0 Å². The Balaban J connectivity index is 0.00000256. The van der Waals surface area contributed by atoms with Gasteiger partial charge in [0.15, 0.2) is 6.10 Å². The molecular formula is C22H35ClN2O5. The number of esters is 1. The lowest BCUT2D eigenvalue weighted by molar-refractivity contribution is -0.144. The summed E-state index contributed by atoms with van der Waals surface area (Å²) >= 11 is 0. The largest absolute Gasteiger partial charge is 0.454 e. The van der Waals surface area contributed by atoms with E-state index in [0.717, 1.165) is 19.3 Å². The molecule has 3 fully saturated rings. The molecule has 1 saturated carbocycles. The van der Waals surface area contributed by atoms with Gasteiger partial charge in [0.1, 0.15) is 11.5 Å². The first-order chi connectivity index (χ1) is 13.8. The van der Waals surface area contributed by atoms with Crippen LogP contribution in [0.2, 0.25) is 0 Å². The summed E-state index contributed by atoms with van der Waals surface area (Å²) in [5.41, 5.74) is 1.39. The van der Waals surface area contributed by atoms with Crippen molar-refractivity contribution in [2.75, 3.05) is 39.3 Å². The summed E-state index contributed by atoms with van der Waals surface area (Å²) in [5.74, 6) is -0.811. The average molecular weight is 443 g/mol. The highest BCUT2D eigenvalue weighted by molar-refractivity contribution is 5.85. The molecule has 2 saturated heterocycles. The van der Waals surface area contributed by atoms with E-state index < -0.39 is 17.6 Å². The number of hydrogen-bond donors (Lipinski definition) is 1. The molecule has 7 nitrogen and oxygen atoms in total. The van der Waals surface area contributed by atoms with Crippen LogP contribution in [0.5, 0.6) is 0 Å². The Labute approximate surface area is 185 Å². The highest BCUT2D eigenvalue weighted by atomic mass is 35.5. The van der Waals surface area contributed by atoms with E-state index in [1.54, 1.807) is 11.8 Å². The van der Waals surface area contributed by atoms with Gasteiger partial charge < -0.3 is 19.5 Å². The van der Waals surface area contributed by atoms with Crippen LogP contribution in [-0.4, -0.2) is 78.0 Å². The second kappa shape index (κ2) is 8.67. The normalized spacial score (nSPS) is 36.5.